The van der Waals surface area contributed by atoms with Crippen LogP contribution in [-0.4, -0.2) is 14.5 Å². The minimum atomic E-state index is -3.48. The van der Waals surface area contributed by atoms with Crippen molar-refractivity contribution in [3.8, 4) is 0 Å². The van der Waals surface area contributed by atoms with Gasteiger partial charge in [-0.05, 0) is 42.4 Å². The number of benzene rings is 1. The highest BCUT2D eigenvalue weighted by molar-refractivity contribution is 7.89. The molecule has 1 atom stereocenters. The molecule has 3 N–H and O–H groups in total. The van der Waals surface area contributed by atoms with E-state index in [2.05, 4.69) is 18.6 Å². The number of nitrogens with two attached hydrogens (primary N) is 1. The Morgan fingerprint density at radius 1 is 1.40 bits per heavy atom. The van der Waals surface area contributed by atoms with E-state index in [0.717, 1.165) is 30.4 Å². The highest BCUT2D eigenvalue weighted by atomic mass is 32.2. The van der Waals surface area contributed by atoms with Crippen molar-refractivity contribution >= 4 is 10.0 Å². The normalized spacial score (nSPS) is 22.1. The lowest BCUT2D eigenvalue weighted by Gasteiger charge is -2.28. The van der Waals surface area contributed by atoms with Gasteiger partial charge in [0.2, 0.25) is 10.0 Å². The number of sulfonamides is 1. The highest BCUT2D eigenvalue weighted by Crippen LogP contribution is 2.38. The van der Waals surface area contributed by atoms with Gasteiger partial charge < -0.3 is 5.73 Å². The molecule has 0 bridgehead atoms. The van der Waals surface area contributed by atoms with Gasteiger partial charge in [-0.15, -0.1) is 0 Å². The second kappa shape index (κ2) is 5.47. The van der Waals surface area contributed by atoms with Crippen LogP contribution in [0.4, 0.5) is 0 Å². The van der Waals surface area contributed by atoms with Crippen LogP contribution in [0.1, 0.15) is 44.2 Å². The van der Waals surface area contributed by atoms with E-state index in [1.165, 1.54) is 0 Å². The smallest absolute Gasteiger partial charge is 0.241 e. The van der Waals surface area contributed by atoms with Crippen molar-refractivity contribution in [1.29, 1.82) is 0 Å². The quantitative estimate of drug-likeness (QED) is 0.895. The van der Waals surface area contributed by atoms with Gasteiger partial charge in [0, 0.05) is 12.6 Å². The Balaban J connectivity index is 2.32. The molecular weight excluding hydrogens is 272 g/mol. The van der Waals surface area contributed by atoms with Gasteiger partial charge in [0.25, 0.3) is 0 Å². The Kier molecular flexibility index (Phi) is 4.23. The average molecular weight is 296 g/mol. The summed E-state index contributed by atoms with van der Waals surface area (Å²) in [6, 6.07) is 5.28. The molecule has 0 radical (unpaired) electrons. The SMILES string of the molecule is Cc1c(CN)cccc1S(=O)(=O)NC1CCCC1(C)C. The van der Waals surface area contributed by atoms with Crippen molar-refractivity contribution in [2.24, 2.45) is 11.1 Å². The van der Waals surface area contributed by atoms with Crippen molar-refractivity contribution in [3.05, 3.63) is 29.3 Å². The zero-order chi connectivity index (χ0) is 15.0. The van der Waals surface area contributed by atoms with E-state index >= 15 is 0 Å². The average Bonchev–Trinajstić information content (AvgIpc) is 2.68. The Morgan fingerprint density at radius 3 is 2.65 bits per heavy atom. The van der Waals surface area contributed by atoms with E-state index < -0.39 is 10.0 Å². The number of hydrogen-bond donors (Lipinski definition) is 2. The maximum absolute atomic E-state index is 12.6. The number of rotatable bonds is 4. The maximum Gasteiger partial charge on any atom is 0.241 e. The van der Waals surface area contributed by atoms with Crippen molar-refractivity contribution in [1.82, 2.24) is 4.72 Å². The van der Waals surface area contributed by atoms with Crippen LogP contribution in [0, 0.1) is 12.3 Å². The fraction of sp³-hybridized carbons (Fsp3) is 0.600. The molecule has 0 aliphatic heterocycles. The van der Waals surface area contributed by atoms with Gasteiger partial charge in [-0.25, -0.2) is 13.1 Å². The molecule has 0 aromatic heterocycles. The molecule has 20 heavy (non-hydrogen) atoms. The first-order valence-corrected chi connectivity index (χ1v) is 8.57. The molecule has 1 aromatic carbocycles. The van der Waals surface area contributed by atoms with Crippen molar-refractivity contribution in [2.45, 2.75) is 57.5 Å². The topological polar surface area (TPSA) is 72.2 Å². The molecule has 1 aliphatic carbocycles. The third kappa shape index (κ3) is 2.90. The zero-order valence-electron chi connectivity index (χ0n) is 12.4. The van der Waals surface area contributed by atoms with Crippen molar-refractivity contribution in [2.75, 3.05) is 0 Å². The van der Waals surface area contributed by atoms with Gasteiger partial charge in [-0.3, -0.25) is 0 Å². The standard InChI is InChI=1S/C15H24N2O2S/c1-11-12(10-16)6-4-7-13(11)20(18,19)17-14-8-5-9-15(14,2)3/h4,6-7,14,17H,5,8-10,16H2,1-3H3. The van der Waals surface area contributed by atoms with E-state index in [1.807, 2.05) is 13.0 Å². The first kappa shape index (κ1) is 15.5. The Labute approximate surface area is 121 Å². The van der Waals surface area contributed by atoms with Crippen LogP contribution < -0.4 is 10.5 Å². The Bertz CT molecular complexity index is 594. The largest absolute Gasteiger partial charge is 0.326 e. The molecule has 1 aromatic rings. The predicted molar refractivity (Wildman–Crippen MR) is 80.8 cm³/mol. The van der Waals surface area contributed by atoms with Gasteiger partial charge in [0.15, 0.2) is 0 Å². The van der Waals surface area contributed by atoms with E-state index in [4.69, 9.17) is 5.73 Å². The zero-order valence-corrected chi connectivity index (χ0v) is 13.3. The summed E-state index contributed by atoms with van der Waals surface area (Å²) in [7, 11) is -3.48. The van der Waals surface area contributed by atoms with E-state index in [9.17, 15) is 8.42 Å². The van der Waals surface area contributed by atoms with Crippen molar-refractivity contribution < 1.29 is 8.42 Å². The fourth-order valence-corrected chi connectivity index (χ4v) is 4.70. The molecule has 1 unspecified atom stereocenters. The van der Waals surface area contributed by atoms with Gasteiger partial charge >= 0.3 is 0 Å². The first-order valence-electron chi connectivity index (χ1n) is 7.09. The lowest BCUT2D eigenvalue weighted by molar-refractivity contribution is 0.313. The lowest BCUT2D eigenvalue weighted by Crippen LogP contribution is -2.41. The molecule has 0 heterocycles. The first-order chi connectivity index (χ1) is 9.28. The summed E-state index contributed by atoms with van der Waals surface area (Å²) in [5, 5.41) is 0. The molecule has 1 aliphatic rings. The highest BCUT2D eigenvalue weighted by Gasteiger charge is 2.37. The third-order valence-corrected chi connectivity index (χ3v) is 6.08. The Hall–Kier alpha value is -0.910. The number of nitrogens with one attached hydrogen (secondary N) is 1. The van der Waals surface area contributed by atoms with Crippen molar-refractivity contribution in [3.63, 3.8) is 0 Å². The van der Waals surface area contributed by atoms with Crippen LogP contribution in [0.3, 0.4) is 0 Å². The van der Waals surface area contributed by atoms with E-state index in [0.29, 0.717) is 11.4 Å². The molecule has 112 valence electrons. The molecular formula is C15H24N2O2S. The summed E-state index contributed by atoms with van der Waals surface area (Å²) in [5.74, 6) is 0. The van der Waals surface area contributed by atoms with E-state index in [1.54, 1.807) is 12.1 Å². The summed E-state index contributed by atoms with van der Waals surface area (Å²) in [4.78, 5) is 0.350. The molecule has 5 heteroatoms. The summed E-state index contributed by atoms with van der Waals surface area (Å²) in [6.07, 6.45) is 3.03. The number of hydrogen-bond acceptors (Lipinski definition) is 3. The Morgan fingerprint density at radius 2 is 2.10 bits per heavy atom. The van der Waals surface area contributed by atoms with Gasteiger partial charge in [0.1, 0.15) is 0 Å². The summed E-state index contributed by atoms with van der Waals surface area (Å²) in [5.41, 5.74) is 7.30. The molecule has 1 fully saturated rings. The van der Waals surface area contributed by atoms with Crippen LogP contribution in [-0.2, 0) is 16.6 Å². The van der Waals surface area contributed by atoms with Gasteiger partial charge in [-0.1, -0.05) is 32.4 Å². The van der Waals surface area contributed by atoms with Gasteiger partial charge in [-0.2, -0.15) is 0 Å². The summed E-state index contributed by atoms with van der Waals surface area (Å²) < 4.78 is 28.1. The minimum absolute atomic E-state index is 0.00781. The van der Waals surface area contributed by atoms with E-state index in [-0.39, 0.29) is 11.5 Å². The monoisotopic (exact) mass is 296 g/mol. The summed E-state index contributed by atoms with van der Waals surface area (Å²) in [6.45, 7) is 6.41. The second-order valence-electron chi connectivity index (χ2n) is 6.30. The van der Waals surface area contributed by atoms with Crippen LogP contribution >= 0.6 is 0 Å². The van der Waals surface area contributed by atoms with Gasteiger partial charge in [0.05, 0.1) is 4.90 Å². The maximum atomic E-state index is 12.6. The molecule has 4 nitrogen and oxygen atoms in total. The third-order valence-electron chi connectivity index (χ3n) is 4.46. The molecule has 1 saturated carbocycles. The molecule has 2 rings (SSSR count). The lowest BCUT2D eigenvalue weighted by atomic mass is 9.88. The second-order valence-corrected chi connectivity index (χ2v) is 7.98. The molecule has 0 saturated heterocycles. The van der Waals surface area contributed by atoms with Crippen LogP contribution in [0.25, 0.3) is 0 Å². The van der Waals surface area contributed by atoms with Crippen LogP contribution in [0.5, 0.6) is 0 Å². The molecule has 0 amide bonds. The van der Waals surface area contributed by atoms with Crippen LogP contribution in [0.2, 0.25) is 0 Å². The predicted octanol–water partition coefficient (Wildman–Crippen LogP) is 2.31. The molecule has 0 spiro atoms. The van der Waals surface area contributed by atoms with Crippen LogP contribution in [0.15, 0.2) is 23.1 Å². The summed E-state index contributed by atoms with van der Waals surface area (Å²) >= 11 is 0. The fourth-order valence-electron chi connectivity index (χ4n) is 2.97. The minimum Gasteiger partial charge on any atom is -0.326 e.